The Hall–Kier alpha value is -2.19. The lowest BCUT2D eigenvalue weighted by atomic mass is 10.2. The van der Waals surface area contributed by atoms with Crippen LogP contribution in [0.3, 0.4) is 0 Å². The standard InChI is InChI=1S/C16H17ClN2O5/c1-21-16(20)19(22-2)14-6-4-3-5-13(14)11-24-23-10-12-7-8-15(17)18-9-12/h3-9H,10-11H2,1-2H3. The zero-order valence-electron chi connectivity index (χ0n) is 13.3. The molecule has 8 heteroatoms. The Morgan fingerprint density at radius 2 is 1.88 bits per heavy atom. The molecule has 0 atom stereocenters. The highest BCUT2D eigenvalue weighted by Crippen LogP contribution is 2.22. The molecule has 0 fully saturated rings. The number of hydrogen-bond donors (Lipinski definition) is 0. The Labute approximate surface area is 144 Å². The summed E-state index contributed by atoms with van der Waals surface area (Å²) >= 11 is 5.71. The summed E-state index contributed by atoms with van der Waals surface area (Å²) in [5.41, 5.74) is 2.02. The lowest BCUT2D eigenvalue weighted by molar-refractivity contribution is -0.313. The van der Waals surface area contributed by atoms with E-state index < -0.39 is 6.09 Å². The highest BCUT2D eigenvalue weighted by molar-refractivity contribution is 6.29. The molecule has 0 spiro atoms. The van der Waals surface area contributed by atoms with Crippen LogP contribution >= 0.6 is 11.6 Å². The zero-order valence-corrected chi connectivity index (χ0v) is 14.0. The number of anilines is 1. The van der Waals surface area contributed by atoms with E-state index in [2.05, 4.69) is 9.72 Å². The van der Waals surface area contributed by atoms with Crippen LogP contribution in [-0.4, -0.2) is 25.3 Å². The van der Waals surface area contributed by atoms with E-state index in [1.807, 2.05) is 6.07 Å². The molecular weight excluding hydrogens is 336 g/mol. The van der Waals surface area contributed by atoms with E-state index in [1.165, 1.54) is 14.2 Å². The number of benzene rings is 1. The molecule has 7 nitrogen and oxygen atoms in total. The number of hydrogen-bond acceptors (Lipinski definition) is 6. The molecule has 0 unspecified atom stereocenters. The molecule has 1 aromatic carbocycles. The number of pyridine rings is 1. The lowest BCUT2D eigenvalue weighted by Crippen LogP contribution is -2.30. The minimum Gasteiger partial charge on any atom is -0.451 e. The summed E-state index contributed by atoms with van der Waals surface area (Å²) in [5, 5.41) is 1.44. The van der Waals surface area contributed by atoms with Gasteiger partial charge in [0.15, 0.2) is 0 Å². The lowest BCUT2D eigenvalue weighted by Gasteiger charge is -2.20. The highest BCUT2D eigenvalue weighted by atomic mass is 35.5. The molecule has 0 radical (unpaired) electrons. The topological polar surface area (TPSA) is 70.1 Å². The molecule has 0 saturated heterocycles. The third-order valence-electron chi connectivity index (χ3n) is 3.05. The predicted octanol–water partition coefficient (Wildman–Crippen LogP) is 3.52. The predicted molar refractivity (Wildman–Crippen MR) is 87.2 cm³/mol. The van der Waals surface area contributed by atoms with Crippen LogP contribution < -0.4 is 5.06 Å². The van der Waals surface area contributed by atoms with Crippen molar-refractivity contribution in [2.24, 2.45) is 0 Å². The quantitative estimate of drug-likeness (QED) is 0.328. The number of hydroxylamine groups is 1. The normalized spacial score (nSPS) is 10.5. The number of aromatic nitrogens is 1. The zero-order chi connectivity index (χ0) is 17.4. The second kappa shape index (κ2) is 9.19. The van der Waals surface area contributed by atoms with Crippen molar-refractivity contribution in [2.75, 3.05) is 19.3 Å². The first-order chi connectivity index (χ1) is 11.7. The van der Waals surface area contributed by atoms with Gasteiger partial charge in [-0.3, -0.25) is 4.84 Å². The minimum atomic E-state index is -0.641. The maximum atomic E-state index is 11.7. The fraction of sp³-hybridized carbons (Fsp3) is 0.250. The maximum absolute atomic E-state index is 11.7. The fourth-order valence-corrected chi connectivity index (χ4v) is 2.00. The van der Waals surface area contributed by atoms with E-state index in [0.29, 0.717) is 16.4 Å². The second-order valence-corrected chi connectivity index (χ2v) is 4.98. The van der Waals surface area contributed by atoms with Crippen molar-refractivity contribution in [1.29, 1.82) is 0 Å². The fourth-order valence-electron chi connectivity index (χ4n) is 1.89. The van der Waals surface area contributed by atoms with Gasteiger partial charge in [0.25, 0.3) is 0 Å². The minimum absolute atomic E-state index is 0.119. The molecule has 24 heavy (non-hydrogen) atoms. The molecule has 2 rings (SSSR count). The summed E-state index contributed by atoms with van der Waals surface area (Å²) in [5.74, 6) is 0. The van der Waals surface area contributed by atoms with Gasteiger partial charge in [0.2, 0.25) is 0 Å². The summed E-state index contributed by atoms with van der Waals surface area (Å²) in [7, 11) is 2.65. The second-order valence-electron chi connectivity index (χ2n) is 4.59. The Balaban J connectivity index is 1.95. The SMILES string of the molecule is COC(=O)N(OC)c1ccccc1COOCc1ccc(Cl)nc1. The molecule has 0 N–H and O–H groups in total. The van der Waals surface area contributed by atoms with E-state index in [-0.39, 0.29) is 13.2 Å². The molecule has 0 bridgehead atoms. The van der Waals surface area contributed by atoms with Crippen molar-refractivity contribution < 1.29 is 24.1 Å². The van der Waals surface area contributed by atoms with Gasteiger partial charge in [0.05, 0.1) is 19.9 Å². The molecule has 0 aliphatic heterocycles. The number of methoxy groups -OCH3 is 1. The number of halogens is 1. The molecule has 0 aliphatic carbocycles. The van der Waals surface area contributed by atoms with Gasteiger partial charge in [0, 0.05) is 11.8 Å². The Bertz CT molecular complexity index is 666. The van der Waals surface area contributed by atoms with Gasteiger partial charge >= 0.3 is 6.09 Å². The van der Waals surface area contributed by atoms with Crippen LogP contribution in [0, 0.1) is 0 Å². The summed E-state index contributed by atoms with van der Waals surface area (Å²) in [6.45, 7) is 0.339. The average Bonchev–Trinajstić information content (AvgIpc) is 2.61. The summed E-state index contributed by atoms with van der Waals surface area (Å²) in [6.07, 6.45) is 0.960. The summed E-state index contributed by atoms with van der Waals surface area (Å²) in [6, 6.07) is 10.5. The van der Waals surface area contributed by atoms with Gasteiger partial charge in [0.1, 0.15) is 18.4 Å². The smallest absolute Gasteiger partial charge is 0.438 e. The van der Waals surface area contributed by atoms with Crippen molar-refractivity contribution in [2.45, 2.75) is 13.2 Å². The van der Waals surface area contributed by atoms with Crippen molar-refractivity contribution in [1.82, 2.24) is 4.98 Å². The molecule has 2 aromatic rings. The van der Waals surface area contributed by atoms with Crippen LogP contribution in [0.15, 0.2) is 42.6 Å². The van der Waals surface area contributed by atoms with Crippen molar-refractivity contribution >= 4 is 23.4 Å². The highest BCUT2D eigenvalue weighted by Gasteiger charge is 2.19. The van der Waals surface area contributed by atoms with E-state index in [4.69, 9.17) is 26.2 Å². The molecule has 1 amide bonds. The van der Waals surface area contributed by atoms with Gasteiger partial charge in [-0.25, -0.2) is 19.6 Å². The van der Waals surface area contributed by atoms with Crippen LogP contribution in [0.1, 0.15) is 11.1 Å². The molecule has 0 saturated carbocycles. The Morgan fingerprint density at radius 3 is 2.54 bits per heavy atom. The molecule has 0 aliphatic rings. The molecule has 1 aromatic heterocycles. The van der Waals surface area contributed by atoms with Gasteiger partial charge in [-0.15, -0.1) is 0 Å². The summed E-state index contributed by atoms with van der Waals surface area (Å²) < 4.78 is 4.68. The van der Waals surface area contributed by atoms with Crippen LogP contribution in [-0.2, 0) is 32.6 Å². The van der Waals surface area contributed by atoms with Gasteiger partial charge in [-0.05, 0) is 17.7 Å². The number of carbonyl (C=O) groups excluding carboxylic acids is 1. The largest absolute Gasteiger partial charge is 0.451 e. The van der Waals surface area contributed by atoms with Crippen LogP contribution in [0.25, 0.3) is 0 Å². The number of ether oxygens (including phenoxy) is 1. The number of nitrogens with zero attached hydrogens (tertiary/aromatic N) is 2. The maximum Gasteiger partial charge on any atom is 0.438 e. The molecular formula is C16H17ClN2O5. The average molecular weight is 353 g/mol. The monoisotopic (exact) mass is 352 g/mol. The number of carbonyl (C=O) groups is 1. The number of rotatable bonds is 7. The number of para-hydroxylation sites is 1. The third kappa shape index (κ3) is 4.90. The first-order valence-corrected chi connectivity index (χ1v) is 7.38. The van der Waals surface area contributed by atoms with Gasteiger partial charge in [-0.2, -0.15) is 5.06 Å². The van der Waals surface area contributed by atoms with Gasteiger partial charge < -0.3 is 4.74 Å². The Kier molecular flexibility index (Phi) is 6.95. The van der Waals surface area contributed by atoms with Crippen LogP contribution in [0.5, 0.6) is 0 Å². The van der Waals surface area contributed by atoms with E-state index in [0.717, 1.165) is 10.6 Å². The van der Waals surface area contributed by atoms with E-state index in [1.54, 1.807) is 36.5 Å². The molecule has 128 valence electrons. The third-order valence-corrected chi connectivity index (χ3v) is 3.27. The summed E-state index contributed by atoms with van der Waals surface area (Å²) in [4.78, 5) is 31.1. The Morgan fingerprint density at radius 1 is 1.12 bits per heavy atom. The first-order valence-electron chi connectivity index (χ1n) is 7.00. The van der Waals surface area contributed by atoms with E-state index in [9.17, 15) is 4.79 Å². The first kappa shape index (κ1) is 18.2. The van der Waals surface area contributed by atoms with Gasteiger partial charge in [-0.1, -0.05) is 35.9 Å². The molecule has 1 heterocycles. The van der Waals surface area contributed by atoms with Crippen molar-refractivity contribution in [3.05, 3.63) is 58.9 Å². The van der Waals surface area contributed by atoms with Crippen LogP contribution in [0.2, 0.25) is 5.15 Å². The number of amides is 1. The van der Waals surface area contributed by atoms with E-state index >= 15 is 0 Å². The van der Waals surface area contributed by atoms with Crippen LogP contribution in [0.4, 0.5) is 10.5 Å². The van der Waals surface area contributed by atoms with Crippen molar-refractivity contribution in [3.63, 3.8) is 0 Å². The van der Waals surface area contributed by atoms with Crippen molar-refractivity contribution in [3.8, 4) is 0 Å².